The summed E-state index contributed by atoms with van der Waals surface area (Å²) in [6.45, 7) is 0. The number of ether oxygens (including phenoxy) is 1. The summed E-state index contributed by atoms with van der Waals surface area (Å²) in [5, 5.41) is -0.0680. The van der Waals surface area contributed by atoms with Gasteiger partial charge in [-0.2, -0.15) is 0 Å². The van der Waals surface area contributed by atoms with Gasteiger partial charge in [0.15, 0.2) is 6.29 Å². The first-order chi connectivity index (χ1) is 10.6. The van der Waals surface area contributed by atoms with Crippen LogP contribution in [-0.4, -0.2) is 11.3 Å². The highest BCUT2D eigenvalue weighted by Gasteiger charge is 2.12. The van der Waals surface area contributed by atoms with E-state index in [1.807, 2.05) is 0 Å². The molecule has 0 saturated carbocycles. The Morgan fingerprint density at radius 2 is 1.77 bits per heavy atom. The Morgan fingerprint density at radius 1 is 1.00 bits per heavy atom. The van der Waals surface area contributed by atoms with Crippen LogP contribution in [0.1, 0.15) is 10.4 Å². The Kier molecular flexibility index (Phi) is 3.50. The molecule has 0 bridgehead atoms. The first-order valence-electron chi connectivity index (χ1n) is 6.25. The molecule has 0 aliphatic rings. The van der Waals surface area contributed by atoms with Crippen molar-refractivity contribution in [3.8, 4) is 11.5 Å². The quantitative estimate of drug-likeness (QED) is 0.679. The molecule has 3 aromatic rings. The molecule has 22 heavy (non-hydrogen) atoms. The van der Waals surface area contributed by atoms with Crippen LogP contribution in [0.25, 0.3) is 10.9 Å². The van der Waals surface area contributed by atoms with E-state index >= 15 is 0 Å². The average Bonchev–Trinajstić information content (AvgIpc) is 2.51. The lowest BCUT2D eigenvalue weighted by Gasteiger charge is -2.09. The van der Waals surface area contributed by atoms with Crippen molar-refractivity contribution in [1.29, 1.82) is 0 Å². The van der Waals surface area contributed by atoms with E-state index in [2.05, 4.69) is 4.98 Å². The predicted octanol–water partition coefficient (Wildman–Crippen LogP) is 4.26. The number of carbonyl (C=O) groups excluding carboxylic acids is 1. The summed E-state index contributed by atoms with van der Waals surface area (Å²) in [6, 6.07) is 7.06. The second-order valence-electron chi connectivity index (χ2n) is 4.47. The molecule has 0 unspecified atom stereocenters. The van der Waals surface area contributed by atoms with E-state index in [4.69, 9.17) is 4.74 Å². The van der Waals surface area contributed by atoms with Crippen LogP contribution in [0.15, 0.2) is 42.6 Å². The fourth-order valence-corrected chi connectivity index (χ4v) is 2.04. The van der Waals surface area contributed by atoms with Gasteiger partial charge in [0.2, 0.25) is 0 Å². The van der Waals surface area contributed by atoms with E-state index in [-0.39, 0.29) is 28.0 Å². The number of carbonyl (C=O) groups is 1. The number of hydrogen-bond donors (Lipinski definition) is 0. The smallest absolute Gasteiger partial charge is 0.156 e. The van der Waals surface area contributed by atoms with E-state index in [1.165, 1.54) is 24.4 Å². The Hall–Kier alpha value is -2.89. The molecule has 0 fully saturated rings. The van der Waals surface area contributed by atoms with Crippen LogP contribution in [0.5, 0.6) is 11.5 Å². The highest BCUT2D eigenvalue weighted by atomic mass is 19.1. The molecule has 0 aliphatic carbocycles. The number of aromatic nitrogens is 1. The fraction of sp³-hybridized carbons (Fsp3) is 0. The Labute approximate surface area is 123 Å². The minimum absolute atomic E-state index is 0.0343. The van der Waals surface area contributed by atoms with Gasteiger partial charge in [-0.05, 0) is 30.3 Å². The van der Waals surface area contributed by atoms with E-state index < -0.39 is 17.5 Å². The van der Waals surface area contributed by atoms with Gasteiger partial charge in [0.1, 0.15) is 34.5 Å². The fourth-order valence-electron chi connectivity index (χ4n) is 2.04. The van der Waals surface area contributed by atoms with Crippen LogP contribution < -0.4 is 4.74 Å². The molecule has 0 amide bonds. The third-order valence-corrected chi connectivity index (χ3v) is 3.08. The van der Waals surface area contributed by atoms with Gasteiger partial charge in [-0.3, -0.25) is 4.79 Å². The van der Waals surface area contributed by atoms with Crippen molar-refractivity contribution in [3.05, 3.63) is 65.6 Å². The van der Waals surface area contributed by atoms with E-state index in [1.54, 1.807) is 0 Å². The van der Waals surface area contributed by atoms with E-state index in [9.17, 15) is 18.0 Å². The summed E-state index contributed by atoms with van der Waals surface area (Å²) in [5.41, 5.74) is -0.399. The van der Waals surface area contributed by atoms with Gasteiger partial charge in [0.05, 0.1) is 11.8 Å². The zero-order valence-corrected chi connectivity index (χ0v) is 11.0. The Bertz CT molecular complexity index is 881. The van der Waals surface area contributed by atoms with Crippen LogP contribution in [-0.2, 0) is 0 Å². The predicted molar refractivity (Wildman–Crippen MR) is 73.5 cm³/mol. The maximum Gasteiger partial charge on any atom is 0.156 e. The van der Waals surface area contributed by atoms with Crippen molar-refractivity contribution in [2.24, 2.45) is 0 Å². The minimum Gasteiger partial charge on any atom is -0.455 e. The summed E-state index contributed by atoms with van der Waals surface area (Å²) < 4.78 is 46.1. The number of pyridine rings is 1. The summed E-state index contributed by atoms with van der Waals surface area (Å²) in [7, 11) is 0. The Balaban J connectivity index is 2.07. The number of rotatable bonds is 3. The first-order valence-corrected chi connectivity index (χ1v) is 6.25. The van der Waals surface area contributed by atoms with Crippen molar-refractivity contribution in [1.82, 2.24) is 4.98 Å². The minimum atomic E-state index is -0.738. The lowest BCUT2D eigenvalue weighted by Crippen LogP contribution is -1.95. The second-order valence-corrected chi connectivity index (χ2v) is 4.47. The third kappa shape index (κ3) is 2.39. The molecule has 1 aromatic heterocycles. The van der Waals surface area contributed by atoms with Crippen molar-refractivity contribution in [2.75, 3.05) is 0 Å². The summed E-state index contributed by atoms with van der Waals surface area (Å²) >= 11 is 0. The molecule has 110 valence electrons. The molecular weight excluding hydrogens is 295 g/mol. The van der Waals surface area contributed by atoms with Crippen LogP contribution in [0.3, 0.4) is 0 Å². The number of fused-ring (bicyclic) bond motifs is 1. The standard InChI is InChI=1S/C16H8F3NO2/c17-12-2-1-3-15(11(12)8-21)22-9-6-10-13(18)4-5-14(19)16(10)20-7-9/h1-8H. The molecule has 0 saturated heterocycles. The molecule has 0 N–H and O–H groups in total. The highest BCUT2D eigenvalue weighted by molar-refractivity contribution is 5.82. The van der Waals surface area contributed by atoms with Crippen molar-refractivity contribution < 1.29 is 22.7 Å². The number of hydrogen-bond acceptors (Lipinski definition) is 3. The van der Waals surface area contributed by atoms with Crippen molar-refractivity contribution >= 4 is 17.2 Å². The third-order valence-electron chi connectivity index (χ3n) is 3.08. The topological polar surface area (TPSA) is 39.2 Å². The van der Waals surface area contributed by atoms with Crippen molar-refractivity contribution in [3.63, 3.8) is 0 Å². The maximum absolute atomic E-state index is 13.7. The second kappa shape index (κ2) is 5.48. The summed E-state index contributed by atoms with van der Waals surface area (Å²) in [4.78, 5) is 14.7. The molecule has 3 nitrogen and oxygen atoms in total. The molecule has 1 heterocycles. The van der Waals surface area contributed by atoms with E-state index in [0.717, 1.165) is 18.2 Å². The number of aldehydes is 1. The normalized spacial score (nSPS) is 10.7. The van der Waals surface area contributed by atoms with Gasteiger partial charge in [-0.1, -0.05) is 6.07 Å². The van der Waals surface area contributed by atoms with Crippen LogP contribution in [0.4, 0.5) is 13.2 Å². The zero-order chi connectivity index (χ0) is 15.7. The number of halogens is 3. The SMILES string of the molecule is O=Cc1c(F)cccc1Oc1cnc2c(F)ccc(F)c2c1. The Morgan fingerprint density at radius 3 is 2.55 bits per heavy atom. The molecule has 0 aliphatic heterocycles. The lowest BCUT2D eigenvalue weighted by atomic mass is 10.2. The molecule has 0 atom stereocenters. The molecule has 0 spiro atoms. The van der Waals surface area contributed by atoms with Crippen molar-refractivity contribution in [2.45, 2.75) is 0 Å². The van der Waals surface area contributed by atoms with Gasteiger partial charge in [0, 0.05) is 5.39 Å². The lowest BCUT2D eigenvalue weighted by molar-refractivity contribution is 0.111. The molecule has 6 heteroatoms. The molecule has 3 rings (SSSR count). The van der Waals surface area contributed by atoms with Crippen LogP contribution in [0, 0.1) is 17.5 Å². The van der Waals surface area contributed by atoms with Gasteiger partial charge >= 0.3 is 0 Å². The molecular formula is C16H8F3NO2. The largest absolute Gasteiger partial charge is 0.455 e. The van der Waals surface area contributed by atoms with Crippen LogP contribution >= 0.6 is 0 Å². The van der Waals surface area contributed by atoms with E-state index in [0.29, 0.717) is 6.29 Å². The number of benzene rings is 2. The molecule has 0 radical (unpaired) electrons. The monoisotopic (exact) mass is 303 g/mol. The molecule has 2 aromatic carbocycles. The first kappa shape index (κ1) is 14.1. The average molecular weight is 303 g/mol. The maximum atomic E-state index is 13.7. The van der Waals surface area contributed by atoms with Gasteiger partial charge in [-0.15, -0.1) is 0 Å². The van der Waals surface area contributed by atoms with Gasteiger partial charge < -0.3 is 4.74 Å². The van der Waals surface area contributed by atoms with Gasteiger partial charge in [0.25, 0.3) is 0 Å². The zero-order valence-electron chi connectivity index (χ0n) is 11.0. The van der Waals surface area contributed by atoms with Gasteiger partial charge in [-0.25, -0.2) is 18.2 Å². The summed E-state index contributed by atoms with van der Waals surface area (Å²) in [5.74, 6) is -2.04. The summed E-state index contributed by atoms with van der Waals surface area (Å²) in [6.07, 6.45) is 1.49. The van der Waals surface area contributed by atoms with Crippen LogP contribution in [0.2, 0.25) is 0 Å². The number of nitrogens with zero attached hydrogens (tertiary/aromatic N) is 1. The highest BCUT2D eigenvalue weighted by Crippen LogP contribution is 2.29.